The van der Waals surface area contributed by atoms with E-state index in [4.69, 9.17) is 10.8 Å². The first kappa shape index (κ1) is 18.2. The highest BCUT2D eigenvalue weighted by Crippen LogP contribution is 2.38. The predicted molar refractivity (Wildman–Crippen MR) is 79.1 cm³/mol. The average molecular weight is 328 g/mol. The molecule has 0 aromatic heterocycles. The molecule has 11 nitrogen and oxygen atoms in total. The van der Waals surface area contributed by atoms with Crippen molar-refractivity contribution in [3.05, 3.63) is 42.5 Å². The highest BCUT2D eigenvalue weighted by molar-refractivity contribution is 5.64. The van der Waals surface area contributed by atoms with E-state index in [1.807, 2.05) is 0 Å². The van der Waals surface area contributed by atoms with Crippen molar-refractivity contribution in [3.8, 4) is 5.75 Å². The second kappa shape index (κ2) is 7.98. The van der Waals surface area contributed by atoms with Crippen LogP contribution in [0.3, 0.4) is 0 Å². The van der Waals surface area contributed by atoms with Gasteiger partial charge in [-0.2, -0.15) is 0 Å². The first-order valence-corrected chi connectivity index (χ1v) is 6.79. The van der Waals surface area contributed by atoms with E-state index in [9.17, 15) is 30.3 Å². The number of nitrogens with two attached hydrogens (primary N) is 1. The molecule has 11 heteroatoms. The van der Waals surface area contributed by atoms with Crippen LogP contribution in [-0.4, -0.2) is 25.9 Å². The quantitative estimate of drug-likeness (QED) is 0.627. The summed E-state index contributed by atoms with van der Waals surface area (Å²) in [5, 5.41) is 40.2. The molecule has 0 bridgehead atoms. The molecule has 1 fully saturated rings. The third-order valence-electron chi connectivity index (χ3n) is 3.31. The van der Waals surface area contributed by atoms with Gasteiger partial charge in [0.2, 0.25) is 0 Å². The second-order valence-corrected chi connectivity index (χ2v) is 5.00. The van der Waals surface area contributed by atoms with Gasteiger partial charge in [0.1, 0.15) is 0 Å². The molecule has 3 N–H and O–H groups in total. The standard InChI is InChI=1S/C6H3N3O7.C6H13N/c10-6-4(8(13)14)1-3(7(11)12)2-5(6)9(15)16;7-6-4-2-1-3-5-6/h1-2,10H;6H,1-5,7H2. The first-order valence-electron chi connectivity index (χ1n) is 6.79. The molecular formula is C12H16N4O7. The fourth-order valence-corrected chi connectivity index (χ4v) is 2.11. The maximum atomic E-state index is 10.4. The largest absolute Gasteiger partial charge is 0.497 e. The highest BCUT2D eigenvalue weighted by atomic mass is 16.6. The monoisotopic (exact) mass is 328 g/mol. The minimum Gasteiger partial charge on any atom is -0.497 e. The van der Waals surface area contributed by atoms with Crippen LogP contribution < -0.4 is 5.73 Å². The maximum Gasteiger partial charge on any atom is 0.324 e. The zero-order valence-electron chi connectivity index (χ0n) is 12.1. The van der Waals surface area contributed by atoms with E-state index < -0.39 is 37.6 Å². The number of nitro groups is 3. The van der Waals surface area contributed by atoms with Crippen LogP contribution in [-0.2, 0) is 0 Å². The van der Waals surface area contributed by atoms with E-state index in [-0.39, 0.29) is 0 Å². The van der Waals surface area contributed by atoms with Crippen LogP contribution in [0, 0.1) is 30.3 Å². The van der Waals surface area contributed by atoms with Gasteiger partial charge in [0.05, 0.1) is 26.9 Å². The average Bonchev–Trinajstić information content (AvgIpc) is 2.48. The third kappa shape index (κ3) is 5.14. The molecule has 1 aliphatic rings. The van der Waals surface area contributed by atoms with Crippen LogP contribution in [0.4, 0.5) is 17.1 Å². The zero-order valence-corrected chi connectivity index (χ0v) is 12.1. The second-order valence-electron chi connectivity index (χ2n) is 5.00. The fraction of sp³-hybridized carbons (Fsp3) is 0.500. The molecule has 1 aromatic carbocycles. The summed E-state index contributed by atoms with van der Waals surface area (Å²) < 4.78 is 0. The number of benzene rings is 1. The van der Waals surface area contributed by atoms with Gasteiger partial charge in [0.25, 0.3) is 11.4 Å². The lowest BCUT2D eigenvalue weighted by Crippen LogP contribution is -2.22. The van der Waals surface area contributed by atoms with Crippen molar-refractivity contribution in [3.63, 3.8) is 0 Å². The molecule has 0 aliphatic heterocycles. The number of phenolic OH excluding ortho intramolecular Hbond substituents is 1. The smallest absolute Gasteiger partial charge is 0.324 e. The molecule has 23 heavy (non-hydrogen) atoms. The fourth-order valence-electron chi connectivity index (χ4n) is 2.11. The van der Waals surface area contributed by atoms with Gasteiger partial charge in [-0.15, -0.1) is 0 Å². The van der Waals surface area contributed by atoms with E-state index in [2.05, 4.69) is 0 Å². The molecule has 2 rings (SSSR count). The Bertz CT molecular complexity index is 578. The number of rotatable bonds is 3. The summed E-state index contributed by atoms with van der Waals surface area (Å²) in [6, 6.07) is 1.43. The van der Waals surface area contributed by atoms with E-state index >= 15 is 0 Å². The van der Waals surface area contributed by atoms with Gasteiger partial charge in [-0.05, 0) is 12.8 Å². The summed E-state index contributed by atoms with van der Waals surface area (Å²) in [6.07, 6.45) is 6.66. The summed E-state index contributed by atoms with van der Waals surface area (Å²) in [5.41, 5.74) is 2.63. The minimum absolute atomic E-state index is 0.447. The van der Waals surface area contributed by atoms with Crippen LogP contribution >= 0.6 is 0 Å². The number of aromatic hydroxyl groups is 1. The number of phenols is 1. The van der Waals surface area contributed by atoms with Crippen LogP contribution in [0.2, 0.25) is 0 Å². The Kier molecular flexibility index (Phi) is 6.33. The summed E-state index contributed by atoms with van der Waals surface area (Å²) in [6.45, 7) is 0. The van der Waals surface area contributed by atoms with Crippen molar-refractivity contribution in [2.45, 2.75) is 38.1 Å². The Morgan fingerprint density at radius 2 is 1.35 bits per heavy atom. The molecule has 0 spiro atoms. The first-order chi connectivity index (χ1) is 10.7. The number of nitrogens with zero attached hydrogens (tertiary/aromatic N) is 3. The van der Waals surface area contributed by atoms with E-state index in [1.165, 1.54) is 32.1 Å². The summed E-state index contributed by atoms with van der Waals surface area (Å²) in [5.74, 6) is -1.21. The summed E-state index contributed by atoms with van der Waals surface area (Å²) >= 11 is 0. The number of hydrogen-bond donors (Lipinski definition) is 2. The van der Waals surface area contributed by atoms with Crippen molar-refractivity contribution in [1.82, 2.24) is 0 Å². The Labute approximate surface area is 130 Å². The van der Waals surface area contributed by atoms with Gasteiger partial charge in [-0.25, -0.2) is 0 Å². The Morgan fingerprint density at radius 1 is 0.913 bits per heavy atom. The van der Waals surface area contributed by atoms with E-state index in [0.717, 1.165) is 0 Å². The van der Waals surface area contributed by atoms with Crippen molar-refractivity contribution in [1.29, 1.82) is 0 Å². The van der Waals surface area contributed by atoms with Crippen molar-refractivity contribution in [2.75, 3.05) is 0 Å². The van der Waals surface area contributed by atoms with Gasteiger partial charge in [-0.1, -0.05) is 19.3 Å². The Morgan fingerprint density at radius 3 is 1.61 bits per heavy atom. The Hall–Kier alpha value is -2.82. The topological polar surface area (TPSA) is 176 Å². The van der Waals surface area contributed by atoms with Crippen molar-refractivity contribution >= 4 is 17.1 Å². The lowest BCUT2D eigenvalue weighted by atomic mass is 9.97. The highest BCUT2D eigenvalue weighted by Gasteiger charge is 2.30. The molecule has 0 unspecified atom stereocenters. The summed E-state index contributed by atoms with van der Waals surface area (Å²) in [7, 11) is 0. The van der Waals surface area contributed by atoms with Crippen LogP contribution in [0.5, 0.6) is 5.75 Å². The van der Waals surface area contributed by atoms with Gasteiger partial charge >= 0.3 is 11.4 Å². The Balaban J connectivity index is 0.000000313. The number of non-ortho nitro benzene ring substituents is 1. The third-order valence-corrected chi connectivity index (χ3v) is 3.31. The molecule has 1 aliphatic carbocycles. The molecule has 0 radical (unpaired) electrons. The van der Waals surface area contributed by atoms with E-state index in [0.29, 0.717) is 18.2 Å². The molecule has 1 saturated carbocycles. The number of hydrogen-bond acceptors (Lipinski definition) is 8. The summed E-state index contributed by atoms with van der Waals surface area (Å²) in [4.78, 5) is 27.8. The van der Waals surface area contributed by atoms with Crippen LogP contribution in [0.25, 0.3) is 0 Å². The van der Waals surface area contributed by atoms with Gasteiger partial charge in [0, 0.05) is 6.04 Å². The normalized spacial score (nSPS) is 14.5. The van der Waals surface area contributed by atoms with Gasteiger partial charge in [0.15, 0.2) is 0 Å². The van der Waals surface area contributed by atoms with Gasteiger partial charge in [-0.3, -0.25) is 30.3 Å². The SMILES string of the molecule is NC1CCCCC1.O=[N+]([O-])c1cc([N+](=O)[O-])c(O)c([N+](=O)[O-])c1. The molecule has 0 heterocycles. The molecule has 0 amide bonds. The minimum atomic E-state index is -1.21. The number of nitro benzene ring substituents is 3. The molecular weight excluding hydrogens is 312 g/mol. The van der Waals surface area contributed by atoms with E-state index in [1.54, 1.807) is 0 Å². The lowest BCUT2D eigenvalue weighted by molar-refractivity contribution is -0.404. The molecule has 1 aromatic rings. The zero-order chi connectivity index (χ0) is 17.6. The molecule has 126 valence electrons. The van der Waals surface area contributed by atoms with Gasteiger partial charge < -0.3 is 10.8 Å². The molecule has 0 saturated heterocycles. The predicted octanol–water partition coefficient (Wildman–Crippen LogP) is 2.39. The van der Waals surface area contributed by atoms with Crippen molar-refractivity contribution < 1.29 is 19.9 Å². The molecule has 0 atom stereocenters. The van der Waals surface area contributed by atoms with Crippen LogP contribution in [0.1, 0.15) is 32.1 Å². The maximum absolute atomic E-state index is 10.4. The van der Waals surface area contributed by atoms with Crippen molar-refractivity contribution in [2.24, 2.45) is 5.73 Å². The lowest BCUT2D eigenvalue weighted by Gasteiger charge is -2.15. The van der Waals surface area contributed by atoms with Crippen LogP contribution in [0.15, 0.2) is 12.1 Å².